The van der Waals surface area contributed by atoms with E-state index >= 15 is 0 Å². The van der Waals surface area contributed by atoms with Crippen LogP contribution in [0.4, 0.5) is 0 Å². The van der Waals surface area contributed by atoms with Crippen molar-refractivity contribution < 1.29 is 8.42 Å². The fourth-order valence-electron chi connectivity index (χ4n) is 1.47. The number of nitrogens with two attached hydrogens (primary N) is 1. The van der Waals surface area contributed by atoms with E-state index in [2.05, 4.69) is 0 Å². The van der Waals surface area contributed by atoms with Crippen molar-refractivity contribution >= 4 is 10.0 Å². The molecule has 5 heteroatoms. The lowest BCUT2D eigenvalue weighted by molar-refractivity contribution is 0.486. The molecule has 0 aliphatic rings. The largest absolute Gasteiger partial charge is 0.326 e. The molecule has 0 aliphatic carbocycles. The molecule has 0 saturated carbocycles. The molecule has 0 atom stereocenters. The fraction of sp³-hybridized carbons (Fsp3) is 0.455. The van der Waals surface area contributed by atoms with Gasteiger partial charge >= 0.3 is 0 Å². The number of hydrogen-bond acceptors (Lipinski definition) is 3. The van der Waals surface area contributed by atoms with Gasteiger partial charge in [-0.2, -0.15) is 0 Å². The summed E-state index contributed by atoms with van der Waals surface area (Å²) in [5, 5.41) is 0. The molecule has 0 fully saturated rings. The van der Waals surface area contributed by atoms with Crippen LogP contribution in [0.15, 0.2) is 23.1 Å². The Morgan fingerprint density at radius 2 is 2.00 bits per heavy atom. The number of nitrogens with zero attached hydrogens (tertiary/aromatic N) is 1. The number of rotatable bonds is 4. The predicted octanol–water partition coefficient (Wildman–Crippen LogP) is 1.09. The van der Waals surface area contributed by atoms with E-state index in [1.165, 1.54) is 4.31 Å². The van der Waals surface area contributed by atoms with Gasteiger partial charge in [-0.15, -0.1) is 0 Å². The van der Waals surface area contributed by atoms with Gasteiger partial charge in [0, 0.05) is 20.1 Å². The van der Waals surface area contributed by atoms with Crippen molar-refractivity contribution in [2.75, 3.05) is 13.6 Å². The van der Waals surface area contributed by atoms with E-state index in [0.29, 0.717) is 18.0 Å². The normalized spacial score (nSPS) is 12.1. The summed E-state index contributed by atoms with van der Waals surface area (Å²) in [6.45, 7) is 4.47. The van der Waals surface area contributed by atoms with Crippen molar-refractivity contribution in [3.63, 3.8) is 0 Å². The van der Waals surface area contributed by atoms with Gasteiger partial charge in [0.2, 0.25) is 10.0 Å². The minimum absolute atomic E-state index is 0.356. The highest BCUT2D eigenvalue weighted by Gasteiger charge is 2.21. The average molecular weight is 242 g/mol. The maximum Gasteiger partial charge on any atom is 0.243 e. The predicted molar refractivity (Wildman–Crippen MR) is 64.6 cm³/mol. The van der Waals surface area contributed by atoms with E-state index in [-0.39, 0.29) is 0 Å². The smallest absolute Gasteiger partial charge is 0.243 e. The molecule has 0 aromatic heterocycles. The van der Waals surface area contributed by atoms with E-state index in [0.717, 1.165) is 11.1 Å². The molecule has 0 heterocycles. The topological polar surface area (TPSA) is 63.4 Å². The number of hydrogen-bond donors (Lipinski definition) is 1. The van der Waals surface area contributed by atoms with E-state index in [1.54, 1.807) is 33.0 Å². The zero-order valence-electron chi connectivity index (χ0n) is 9.90. The summed E-state index contributed by atoms with van der Waals surface area (Å²) in [4.78, 5) is 0.356. The first kappa shape index (κ1) is 13.2. The Morgan fingerprint density at radius 1 is 1.38 bits per heavy atom. The highest BCUT2D eigenvalue weighted by Crippen LogP contribution is 2.19. The monoisotopic (exact) mass is 242 g/mol. The third-order valence-electron chi connectivity index (χ3n) is 2.61. The van der Waals surface area contributed by atoms with Gasteiger partial charge in [-0.25, -0.2) is 12.7 Å². The van der Waals surface area contributed by atoms with E-state index in [4.69, 9.17) is 5.73 Å². The van der Waals surface area contributed by atoms with E-state index in [1.807, 2.05) is 6.07 Å². The summed E-state index contributed by atoms with van der Waals surface area (Å²) < 4.78 is 25.5. The maximum absolute atomic E-state index is 12.1. The van der Waals surface area contributed by atoms with Crippen LogP contribution >= 0.6 is 0 Å². The summed E-state index contributed by atoms with van der Waals surface area (Å²) in [5.74, 6) is 0. The maximum atomic E-state index is 12.1. The molecule has 1 rings (SSSR count). The lowest BCUT2D eigenvalue weighted by atomic mass is 10.1. The summed E-state index contributed by atoms with van der Waals surface area (Å²) in [6, 6.07) is 5.19. The summed E-state index contributed by atoms with van der Waals surface area (Å²) in [5.41, 5.74) is 7.18. The van der Waals surface area contributed by atoms with E-state index in [9.17, 15) is 8.42 Å². The highest BCUT2D eigenvalue weighted by molar-refractivity contribution is 7.89. The van der Waals surface area contributed by atoms with Gasteiger partial charge in [0.15, 0.2) is 0 Å². The Kier molecular flexibility index (Phi) is 4.07. The molecule has 0 bridgehead atoms. The second kappa shape index (κ2) is 4.95. The molecule has 2 N–H and O–H groups in total. The van der Waals surface area contributed by atoms with Gasteiger partial charge in [-0.3, -0.25) is 0 Å². The quantitative estimate of drug-likeness (QED) is 0.859. The number of sulfonamides is 1. The lowest BCUT2D eigenvalue weighted by Gasteiger charge is -2.16. The number of benzene rings is 1. The van der Waals surface area contributed by atoms with Crippen LogP contribution in [-0.2, 0) is 16.6 Å². The van der Waals surface area contributed by atoms with Crippen LogP contribution in [0.1, 0.15) is 18.1 Å². The highest BCUT2D eigenvalue weighted by atomic mass is 32.2. The molecule has 16 heavy (non-hydrogen) atoms. The minimum atomic E-state index is -3.35. The molecular formula is C11H18N2O2S. The summed E-state index contributed by atoms with van der Waals surface area (Å²) in [7, 11) is -1.78. The second-order valence-electron chi connectivity index (χ2n) is 3.72. The molecular weight excluding hydrogens is 224 g/mol. The van der Waals surface area contributed by atoms with Gasteiger partial charge in [0.1, 0.15) is 0 Å². The molecule has 1 aromatic rings. The molecule has 0 unspecified atom stereocenters. The van der Waals surface area contributed by atoms with Crippen LogP contribution in [0.25, 0.3) is 0 Å². The van der Waals surface area contributed by atoms with Gasteiger partial charge in [-0.1, -0.05) is 19.1 Å². The molecule has 0 aliphatic heterocycles. The molecule has 0 saturated heterocycles. The van der Waals surface area contributed by atoms with Crippen LogP contribution in [0, 0.1) is 6.92 Å². The SMILES string of the molecule is CCN(C)S(=O)(=O)c1ccc(CN)cc1C. The van der Waals surface area contributed by atoms with Crippen LogP contribution in [0.3, 0.4) is 0 Å². The average Bonchev–Trinajstić information content (AvgIpc) is 2.27. The van der Waals surface area contributed by atoms with Crippen LogP contribution in [0.5, 0.6) is 0 Å². The van der Waals surface area contributed by atoms with Crippen molar-refractivity contribution in [1.82, 2.24) is 4.31 Å². The molecule has 0 spiro atoms. The first-order chi connectivity index (χ1) is 7.43. The summed E-state index contributed by atoms with van der Waals surface area (Å²) >= 11 is 0. The van der Waals surface area contributed by atoms with Crippen LogP contribution < -0.4 is 5.73 Å². The second-order valence-corrected chi connectivity index (χ2v) is 5.74. The van der Waals surface area contributed by atoms with Gasteiger partial charge in [-0.05, 0) is 24.1 Å². The Hall–Kier alpha value is -0.910. The Bertz CT molecular complexity index is 469. The Balaban J connectivity index is 3.24. The van der Waals surface area contributed by atoms with Crippen LogP contribution in [0.2, 0.25) is 0 Å². The minimum Gasteiger partial charge on any atom is -0.326 e. The third kappa shape index (κ3) is 2.42. The first-order valence-electron chi connectivity index (χ1n) is 5.19. The van der Waals surface area contributed by atoms with Gasteiger partial charge < -0.3 is 5.73 Å². The zero-order valence-corrected chi connectivity index (χ0v) is 10.7. The summed E-state index contributed by atoms with van der Waals surface area (Å²) in [6.07, 6.45) is 0. The molecule has 90 valence electrons. The molecule has 0 radical (unpaired) electrons. The lowest BCUT2D eigenvalue weighted by Crippen LogP contribution is -2.27. The van der Waals surface area contributed by atoms with E-state index < -0.39 is 10.0 Å². The Morgan fingerprint density at radius 3 is 2.44 bits per heavy atom. The zero-order chi connectivity index (χ0) is 12.3. The Labute approximate surface area is 97.1 Å². The van der Waals surface area contributed by atoms with Crippen molar-refractivity contribution in [1.29, 1.82) is 0 Å². The van der Waals surface area contributed by atoms with Crippen molar-refractivity contribution in [2.45, 2.75) is 25.3 Å². The fourth-order valence-corrected chi connectivity index (χ4v) is 2.85. The van der Waals surface area contributed by atoms with Crippen molar-refractivity contribution in [2.24, 2.45) is 5.73 Å². The van der Waals surface area contributed by atoms with Gasteiger partial charge in [0.05, 0.1) is 4.90 Å². The van der Waals surface area contributed by atoms with Crippen molar-refractivity contribution in [3.05, 3.63) is 29.3 Å². The van der Waals surface area contributed by atoms with Crippen molar-refractivity contribution in [3.8, 4) is 0 Å². The van der Waals surface area contributed by atoms with Crippen LogP contribution in [-0.4, -0.2) is 26.3 Å². The molecule has 1 aromatic carbocycles. The number of aryl methyl sites for hydroxylation is 1. The third-order valence-corrected chi connectivity index (χ3v) is 4.70. The molecule has 4 nitrogen and oxygen atoms in total. The first-order valence-corrected chi connectivity index (χ1v) is 6.63. The molecule has 0 amide bonds. The standard InChI is InChI=1S/C11H18N2O2S/c1-4-13(3)16(14,15)11-6-5-10(8-12)7-9(11)2/h5-7H,4,8,12H2,1-3H3. The van der Waals surface area contributed by atoms with Gasteiger partial charge in [0.25, 0.3) is 0 Å².